The highest BCUT2D eigenvalue weighted by Gasteiger charge is 2.34. The van der Waals surface area contributed by atoms with Crippen LogP contribution >= 0.6 is 0 Å². The minimum absolute atomic E-state index is 0.130. The number of ether oxygens (including phenoxy) is 2. The van der Waals surface area contributed by atoms with Crippen LogP contribution in [0.15, 0.2) is 78.9 Å². The monoisotopic (exact) mass is 560 g/mol. The van der Waals surface area contributed by atoms with Gasteiger partial charge in [0.1, 0.15) is 17.0 Å². The Hall–Kier alpha value is -3.72. The van der Waals surface area contributed by atoms with Gasteiger partial charge in [-0.1, -0.05) is 66.7 Å². The van der Waals surface area contributed by atoms with E-state index in [0.717, 1.165) is 28.0 Å². The van der Waals surface area contributed by atoms with Crippen molar-refractivity contribution >= 4 is 11.9 Å². The molecule has 41 heavy (non-hydrogen) atoms. The van der Waals surface area contributed by atoms with Crippen molar-refractivity contribution in [1.29, 1.82) is 0 Å². The fourth-order valence-electron chi connectivity index (χ4n) is 4.36. The first-order valence-electron chi connectivity index (χ1n) is 14.1. The Kier molecular flexibility index (Phi) is 11.5. The van der Waals surface area contributed by atoms with Gasteiger partial charge in [-0.05, 0) is 68.5 Å². The summed E-state index contributed by atoms with van der Waals surface area (Å²) >= 11 is 0. The number of nitrogens with two attached hydrogens (primary N) is 2. The van der Waals surface area contributed by atoms with E-state index in [1.54, 1.807) is 0 Å². The maximum atomic E-state index is 13.6. The van der Waals surface area contributed by atoms with E-state index < -0.39 is 17.4 Å². The van der Waals surface area contributed by atoms with Crippen molar-refractivity contribution in [2.75, 3.05) is 13.2 Å². The van der Waals surface area contributed by atoms with Crippen LogP contribution in [-0.4, -0.2) is 42.3 Å². The van der Waals surface area contributed by atoms with Crippen LogP contribution in [0, 0.1) is 0 Å². The van der Waals surface area contributed by atoms with Gasteiger partial charge in [0, 0.05) is 32.0 Å². The van der Waals surface area contributed by atoms with Crippen LogP contribution in [0.25, 0.3) is 0 Å². The molecule has 8 nitrogen and oxygen atoms in total. The van der Waals surface area contributed by atoms with Crippen LogP contribution in [0.1, 0.15) is 49.9 Å². The van der Waals surface area contributed by atoms with Gasteiger partial charge in [0.25, 0.3) is 0 Å². The van der Waals surface area contributed by atoms with Gasteiger partial charge in [0.15, 0.2) is 5.78 Å². The second-order valence-electron chi connectivity index (χ2n) is 11.3. The molecule has 8 heteroatoms. The van der Waals surface area contributed by atoms with Gasteiger partial charge in [0.2, 0.25) is 0 Å². The number of carbonyl (C=O) groups is 2. The standard InChI is InChI=1S/C33H44N4O4/c1-5-40-29-17-15-24(16-18-29)19-28(34)23-37-33(35,21-26-9-7-6-8-10-26)30(38)20-25-11-13-27(14-12-25)22-36-31(39)41-32(2,3)4/h6-18,28,37H,5,19-23,34-35H2,1-4H3,(H,36,39)/t28-,33+/m1/s1. The molecule has 0 aliphatic rings. The molecule has 3 rings (SSSR count). The molecular weight excluding hydrogens is 516 g/mol. The van der Waals surface area contributed by atoms with E-state index in [2.05, 4.69) is 10.6 Å². The first-order valence-corrected chi connectivity index (χ1v) is 14.1. The zero-order chi connectivity index (χ0) is 29.9. The molecule has 0 heterocycles. The largest absolute Gasteiger partial charge is 0.494 e. The molecule has 1 amide bonds. The van der Waals surface area contributed by atoms with Crippen LogP contribution in [0.5, 0.6) is 5.75 Å². The molecule has 0 aliphatic heterocycles. The third-order valence-corrected chi connectivity index (χ3v) is 6.46. The fraction of sp³-hybridized carbons (Fsp3) is 0.394. The number of hydrogen-bond donors (Lipinski definition) is 4. The summed E-state index contributed by atoms with van der Waals surface area (Å²) in [4.78, 5) is 25.6. The minimum Gasteiger partial charge on any atom is -0.494 e. The summed E-state index contributed by atoms with van der Waals surface area (Å²) in [7, 11) is 0. The van der Waals surface area contributed by atoms with E-state index in [1.165, 1.54) is 0 Å². The second kappa shape index (κ2) is 14.8. The van der Waals surface area contributed by atoms with Crippen molar-refractivity contribution in [2.24, 2.45) is 11.5 Å². The fourth-order valence-corrected chi connectivity index (χ4v) is 4.36. The summed E-state index contributed by atoms with van der Waals surface area (Å²) < 4.78 is 10.8. The molecule has 0 saturated heterocycles. The maximum Gasteiger partial charge on any atom is 0.407 e. The van der Waals surface area contributed by atoms with Gasteiger partial charge in [0.05, 0.1) is 6.61 Å². The Bertz CT molecular complexity index is 1240. The molecule has 2 atom stereocenters. The molecule has 0 unspecified atom stereocenters. The number of nitrogens with one attached hydrogen (secondary N) is 2. The van der Waals surface area contributed by atoms with E-state index >= 15 is 0 Å². The normalized spacial score (nSPS) is 13.6. The predicted molar refractivity (Wildman–Crippen MR) is 163 cm³/mol. The minimum atomic E-state index is -1.30. The van der Waals surface area contributed by atoms with E-state index in [9.17, 15) is 9.59 Å². The van der Waals surface area contributed by atoms with E-state index in [4.69, 9.17) is 20.9 Å². The van der Waals surface area contributed by atoms with Crippen LogP contribution in [0.4, 0.5) is 4.79 Å². The molecule has 0 saturated carbocycles. The number of ketones is 1. The Morgan fingerprint density at radius 3 is 2.07 bits per heavy atom. The average molecular weight is 561 g/mol. The summed E-state index contributed by atoms with van der Waals surface area (Å²) in [6.45, 7) is 8.72. The average Bonchev–Trinajstić information content (AvgIpc) is 2.92. The Balaban J connectivity index is 1.62. The molecule has 0 bridgehead atoms. The molecule has 6 N–H and O–H groups in total. The van der Waals surface area contributed by atoms with Gasteiger partial charge >= 0.3 is 6.09 Å². The quantitative estimate of drug-likeness (QED) is 0.217. The van der Waals surface area contributed by atoms with Crippen molar-refractivity contribution in [1.82, 2.24) is 10.6 Å². The summed E-state index contributed by atoms with van der Waals surface area (Å²) in [5.41, 5.74) is 15.2. The van der Waals surface area contributed by atoms with Crippen LogP contribution in [-0.2, 0) is 35.3 Å². The van der Waals surface area contributed by atoms with Gasteiger partial charge in [-0.3, -0.25) is 10.1 Å². The third-order valence-electron chi connectivity index (χ3n) is 6.46. The second-order valence-corrected chi connectivity index (χ2v) is 11.3. The van der Waals surface area contributed by atoms with Crippen molar-refractivity contribution in [3.63, 3.8) is 0 Å². The van der Waals surface area contributed by atoms with E-state index in [0.29, 0.717) is 32.5 Å². The number of amides is 1. The number of alkyl carbamates (subject to hydrolysis) is 1. The maximum absolute atomic E-state index is 13.6. The highest BCUT2D eigenvalue weighted by atomic mass is 16.6. The van der Waals surface area contributed by atoms with Gasteiger partial charge < -0.3 is 26.3 Å². The molecule has 0 radical (unpaired) electrons. The van der Waals surface area contributed by atoms with Crippen molar-refractivity contribution in [2.45, 2.75) is 70.8 Å². The Labute approximate surface area is 243 Å². The molecule has 0 fully saturated rings. The highest BCUT2D eigenvalue weighted by molar-refractivity contribution is 5.90. The molecule has 3 aromatic rings. The summed E-state index contributed by atoms with van der Waals surface area (Å²) in [6.07, 6.45) is 0.649. The zero-order valence-electron chi connectivity index (χ0n) is 24.6. The van der Waals surface area contributed by atoms with Crippen LogP contribution in [0.3, 0.4) is 0 Å². The van der Waals surface area contributed by atoms with E-state index in [1.807, 2.05) is 107 Å². The lowest BCUT2D eigenvalue weighted by Crippen LogP contribution is -2.63. The van der Waals surface area contributed by atoms with Crippen LogP contribution < -0.4 is 26.8 Å². The molecule has 0 aliphatic carbocycles. The zero-order valence-corrected chi connectivity index (χ0v) is 24.6. The molecule has 0 spiro atoms. The van der Waals surface area contributed by atoms with Crippen LogP contribution in [0.2, 0.25) is 0 Å². The number of carbonyl (C=O) groups excluding carboxylic acids is 2. The Morgan fingerprint density at radius 2 is 1.46 bits per heavy atom. The topological polar surface area (TPSA) is 129 Å². The lowest BCUT2D eigenvalue weighted by Gasteiger charge is -2.31. The van der Waals surface area contributed by atoms with Crippen molar-refractivity contribution < 1.29 is 19.1 Å². The molecule has 0 aromatic heterocycles. The number of rotatable bonds is 14. The molecule has 3 aromatic carbocycles. The Morgan fingerprint density at radius 1 is 0.854 bits per heavy atom. The first-order chi connectivity index (χ1) is 19.5. The smallest absolute Gasteiger partial charge is 0.407 e. The van der Waals surface area contributed by atoms with Gasteiger partial charge in [-0.15, -0.1) is 0 Å². The highest BCUT2D eigenvalue weighted by Crippen LogP contribution is 2.16. The predicted octanol–water partition coefficient (Wildman–Crippen LogP) is 4.28. The number of hydrogen-bond acceptors (Lipinski definition) is 7. The lowest BCUT2D eigenvalue weighted by molar-refractivity contribution is -0.124. The first kappa shape index (κ1) is 31.8. The van der Waals surface area contributed by atoms with E-state index in [-0.39, 0.29) is 18.2 Å². The number of benzene rings is 3. The molecule has 220 valence electrons. The summed E-state index contributed by atoms with van der Waals surface area (Å²) in [5, 5.41) is 6.04. The lowest BCUT2D eigenvalue weighted by atomic mass is 9.91. The van der Waals surface area contributed by atoms with Gasteiger partial charge in [-0.2, -0.15) is 0 Å². The van der Waals surface area contributed by atoms with Crippen molar-refractivity contribution in [3.05, 3.63) is 101 Å². The van der Waals surface area contributed by atoms with Crippen molar-refractivity contribution in [3.8, 4) is 5.75 Å². The number of Topliss-reactive ketones (excluding diaryl/α,β-unsaturated/α-hetero) is 1. The summed E-state index contributed by atoms with van der Waals surface area (Å²) in [6, 6.07) is 24.9. The molecular formula is C33H44N4O4. The summed E-state index contributed by atoms with van der Waals surface area (Å²) in [5.74, 6) is 0.693. The SMILES string of the molecule is CCOc1ccc(C[C@@H](N)CN[C@@](N)(Cc2ccccc2)C(=O)Cc2ccc(CNC(=O)OC(C)(C)C)cc2)cc1. The third kappa shape index (κ3) is 11.0. The van der Waals surface area contributed by atoms with Gasteiger partial charge in [-0.25, -0.2) is 4.79 Å².